The van der Waals surface area contributed by atoms with Crippen LogP contribution in [0.4, 0.5) is 0 Å². The van der Waals surface area contributed by atoms with Crippen molar-refractivity contribution in [2.45, 2.75) is 151 Å². The monoisotopic (exact) mass is 794 g/mol. The highest BCUT2D eigenvalue weighted by molar-refractivity contribution is 5.84. The number of amides is 1. The van der Waals surface area contributed by atoms with E-state index in [4.69, 9.17) is 9.72 Å². The van der Waals surface area contributed by atoms with E-state index in [0.29, 0.717) is 35.5 Å². The Hall–Kier alpha value is -3.42. The number of H-pyrrole nitrogens is 1. The Morgan fingerprint density at radius 2 is 1.66 bits per heavy atom. The first kappa shape index (κ1) is 41.3. The average molecular weight is 794 g/mol. The number of carboxylic acid groups (broad SMARTS) is 1. The number of nitrogens with one attached hydrogen (secondary N) is 1. The van der Waals surface area contributed by atoms with E-state index in [1.165, 1.54) is 12.0 Å². The van der Waals surface area contributed by atoms with Crippen LogP contribution in [0.25, 0.3) is 11.3 Å². The van der Waals surface area contributed by atoms with Crippen molar-refractivity contribution in [2.75, 3.05) is 13.1 Å². The summed E-state index contributed by atoms with van der Waals surface area (Å²) < 4.78 is 6.22. The quantitative estimate of drug-likeness (QED) is 0.203. The molecule has 1 aromatic heterocycles. The summed E-state index contributed by atoms with van der Waals surface area (Å²) in [4.78, 5) is 51.1. The summed E-state index contributed by atoms with van der Waals surface area (Å²) in [5.41, 5.74) is 2.07. The molecule has 11 atom stereocenters. The number of benzene rings is 1. The summed E-state index contributed by atoms with van der Waals surface area (Å²) >= 11 is 0. The summed E-state index contributed by atoms with van der Waals surface area (Å²) in [5.74, 6) is 2.35. The molecule has 8 nitrogen and oxygen atoms in total. The van der Waals surface area contributed by atoms with E-state index >= 15 is 4.79 Å². The number of piperidine rings is 1. The molecule has 6 fully saturated rings. The normalized spacial score (nSPS) is 39.4. The van der Waals surface area contributed by atoms with E-state index in [0.717, 1.165) is 101 Å². The summed E-state index contributed by atoms with van der Waals surface area (Å²) in [6.45, 7) is 24.0. The fraction of sp³-hybridized carbons (Fsp3) is 0.720. The number of aliphatic carboxylic acids is 1. The highest BCUT2D eigenvalue weighted by atomic mass is 16.5. The zero-order valence-corrected chi connectivity index (χ0v) is 36.8. The van der Waals surface area contributed by atoms with Crippen LogP contribution in [0.1, 0.15) is 151 Å². The third kappa shape index (κ3) is 6.25. The summed E-state index contributed by atoms with van der Waals surface area (Å²) in [5, 5.41) is 9.66. The van der Waals surface area contributed by atoms with Gasteiger partial charge in [0.15, 0.2) is 0 Å². The second kappa shape index (κ2) is 14.4. The van der Waals surface area contributed by atoms with Gasteiger partial charge in [-0.3, -0.25) is 14.4 Å². The SMILES string of the molecule is C=C(C)[C@@H]1CC[C@]2(C(=O)N3CCC[C@H](c4ncc(-c5ccccc5)[nH]4)C3)CC[C@]3(C)[C@H](CC[C@@H]4[C@@]5(C)CC[C@H](OC(=O)CC(C)(C)C(=O)O)C(C)(C)[C@@H]5CC[C@]43C)[C@@H]12. The maximum absolute atomic E-state index is 15.4. The van der Waals surface area contributed by atoms with Gasteiger partial charge in [-0.2, -0.15) is 0 Å². The molecule has 5 aliphatic carbocycles. The number of allylic oxidation sites excluding steroid dienone is 1. The molecule has 0 spiro atoms. The van der Waals surface area contributed by atoms with Crippen molar-refractivity contribution in [1.82, 2.24) is 14.9 Å². The van der Waals surface area contributed by atoms with Crippen LogP contribution < -0.4 is 0 Å². The Morgan fingerprint density at radius 3 is 2.36 bits per heavy atom. The number of aromatic amines is 1. The molecule has 0 unspecified atom stereocenters. The number of carbonyl (C=O) groups is 3. The predicted molar refractivity (Wildman–Crippen MR) is 227 cm³/mol. The molecule has 1 saturated heterocycles. The minimum atomic E-state index is -1.15. The first-order valence-electron chi connectivity index (χ1n) is 22.8. The van der Waals surface area contributed by atoms with Gasteiger partial charge >= 0.3 is 11.9 Å². The zero-order chi connectivity index (χ0) is 41.6. The summed E-state index contributed by atoms with van der Waals surface area (Å²) in [7, 11) is 0. The zero-order valence-electron chi connectivity index (χ0n) is 36.8. The van der Waals surface area contributed by atoms with Crippen molar-refractivity contribution < 1.29 is 24.2 Å². The van der Waals surface area contributed by atoms with Crippen LogP contribution in [0.5, 0.6) is 0 Å². The van der Waals surface area contributed by atoms with Crippen molar-refractivity contribution in [2.24, 2.45) is 62.1 Å². The van der Waals surface area contributed by atoms with Gasteiger partial charge in [0.05, 0.1) is 29.1 Å². The molecule has 0 radical (unpaired) electrons. The number of nitrogens with zero attached hydrogens (tertiary/aromatic N) is 2. The van der Waals surface area contributed by atoms with E-state index in [1.54, 1.807) is 13.8 Å². The number of hydrogen-bond acceptors (Lipinski definition) is 5. The van der Waals surface area contributed by atoms with Crippen molar-refractivity contribution in [3.63, 3.8) is 0 Å². The largest absolute Gasteiger partial charge is 0.481 e. The van der Waals surface area contributed by atoms with Gasteiger partial charge in [0.2, 0.25) is 5.91 Å². The molecule has 2 aromatic rings. The van der Waals surface area contributed by atoms with Crippen LogP contribution in [-0.2, 0) is 19.1 Å². The van der Waals surface area contributed by atoms with Gasteiger partial charge < -0.3 is 19.7 Å². The third-order valence-electron chi connectivity index (χ3n) is 18.6. The average Bonchev–Trinajstić information content (AvgIpc) is 3.83. The van der Waals surface area contributed by atoms with Crippen molar-refractivity contribution in [3.05, 3.63) is 54.5 Å². The lowest BCUT2D eigenvalue weighted by molar-refractivity contribution is -0.250. The number of aromatic nitrogens is 2. The Labute approximate surface area is 347 Å². The second-order valence-electron chi connectivity index (χ2n) is 22.2. The lowest BCUT2D eigenvalue weighted by atomic mass is 9.32. The second-order valence-corrected chi connectivity index (χ2v) is 22.2. The van der Waals surface area contributed by atoms with Crippen LogP contribution >= 0.6 is 0 Å². The first-order chi connectivity index (χ1) is 27.3. The molecule has 58 heavy (non-hydrogen) atoms. The predicted octanol–water partition coefficient (Wildman–Crippen LogP) is 10.9. The van der Waals surface area contributed by atoms with Crippen LogP contribution in [-0.4, -0.2) is 57.0 Å². The molecular weight excluding hydrogens is 723 g/mol. The van der Waals surface area contributed by atoms with Crippen molar-refractivity contribution in [1.29, 1.82) is 0 Å². The molecule has 5 saturated carbocycles. The number of likely N-dealkylation sites (tertiary alicyclic amines) is 1. The minimum Gasteiger partial charge on any atom is -0.481 e. The number of imidazole rings is 1. The molecule has 0 bridgehead atoms. The Morgan fingerprint density at radius 1 is 0.914 bits per heavy atom. The van der Waals surface area contributed by atoms with Gasteiger partial charge in [0.25, 0.3) is 0 Å². The van der Waals surface area contributed by atoms with E-state index in [2.05, 4.69) is 82.3 Å². The Bertz CT molecular complexity index is 1930. The molecule has 1 amide bonds. The Kier molecular flexibility index (Phi) is 10.2. The van der Waals surface area contributed by atoms with Crippen molar-refractivity contribution >= 4 is 17.8 Å². The van der Waals surface area contributed by atoms with E-state index in [-0.39, 0.29) is 45.5 Å². The van der Waals surface area contributed by atoms with Crippen LogP contribution in [0.15, 0.2) is 48.7 Å². The highest BCUT2D eigenvalue weighted by Crippen LogP contribution is 2.77. The summed E-state index contributed by atoms with van der Waals surface area (Å²) in [6, 6.07) is 10.4. The van der Waals surface area contributed by atoms with Gasteiger partial charge in [-0.1, -0.05) is 77.1 Å². The van der Waals surface area contributed by atoms with Gasteiger partial charge in [-0.25, -0.2) is 4.98 Å². The number of rotatable bonds is 8. The molecule has 6 aliphatic rings. The van der Waals surface area contributed by atoms with Crippen LogP contribution in [0, 0.1) is 62.1 Å². The fourth-order valence-corrected chi connectivity index (χ4v) is 15.3. The lowest BCUT2D eigenvalue weighted by Gasteiger charge is -2.73. The maximum atomic E-state index is 15.4. The fourth-order valence-electron chi connectivity index (χ4n) is 15.3. The number of hydrogen-bond donors (Lipinski definition) is 2. The molecule has 2 N–H and O–H groups in total. The highest BCUT2D eigenvalue weighted by Gasteiger charge is 2.72. The standard InChI is InChI=1S/C50H71N3O5/c1-31(2)34-19-24-50(43(55)53-27-13-16-33(30-53)42-51-29-36(52-42)32-14-11-10-12-15-32)26-25-48(8)35(41(34)50)17-18-38-47(7)22-21-39(58-40(54)28-45(3,4)44(56)57)46(5,6)37(47)20-23-49(38,48)9/h10-12,14-15,29,33-35,37-39,41H,1,13,16-28,30H2,2-9H3,(H,51,52)(H,56,57)/t33-,34-,35+,37-,38+,39-,41+,47-,48+,49+,50-/m0/s1. The molecule has 316 valence electrons. The molecule has 8 rings (SSSR count). The number of fused-ring (bicyclic) bond motifs is 7. The number of carbonyl (C=O) groups excluding carboxylic acids is 2. The molecule has 2 heterocycles. The van der Waals surface area contributed by atoms with Gasteiger partial charge in [-0.05, 0) is 149 Å². The number of ether oxygens (including phenoxy) is 1. The van der Waals surface area contributed by atoms with E-state index in [1.807, 2.05) is 12.3 Å². The Balaban J connectivity index is 1.03. The smallest absolute Gasteiger partial charge is 0.309 e. The third-order valence-corrected chi connectivity index (χ3v) is 18.6. The van der Waals surface area contributed by atoms with Gasteiger partial charge in [0, 0.05) is 24.4 Å². The van der Waals surface area contributed by atoms with E-state index in [9.17, 15) is 14.7 Å². The molecule has 1 aromatic carbocycles. The maximum Gasteiger partial charge on any atom is 0.309 e. The minimum absolute atomic E-state index is 0.108. The number of esters is 1. The molecular formula is C50H71N3O5. The summed E-state index contributed by atoms with van der Waals surface area (Å²) in [6.07, 6.45) is 14.1. The lowest BCUT2D eigenvalue weighted by Crippen LogP contribution is -2.67. The topological polar surface area (TPSA) is 113 Å². The van der Waals surface area contributed by atoms with Gasteiger partial charge in [-0.15, -0.1) is 0 Å². The van der Waals surface area contributed by atoms with E-state index < -0.39 is 17.4 Å². The number of carboxylic acids is 1. The van der Waals surface area contributed by atoms with Crippen molar-refractivity contribution in [3.8, 4) is 11.3 Å². The van der Waals surface area contributed by atoms with Gasteiger partial charge in [0.1, 0.15) is 11.9 Å². The van der Waals surface area contributed by atoms with Crippen LogP contribution in [0.2, 0.25) is 0 Å². The molecule has 1 aliphatic heterocycles. The molecule has 8 heteroatoms. The van der Waals surface area contributed by atoms with Crippen LogP contribution in [0.3, 0.4) is 0 Å². The first-order valence-corrected chi connectivity index (χ1v) is 22.8.